The largest absolute Gasteiger partial charge is 0.478 e. The van der Waals surface area contributed by atoms with E-state index in [9.17, 15) is 13.2 Å². The summed E-state index contributed by atoms with van der Waals surface area (Å²) in [6.45, 7) is 0. The standard InChI is InChI=1S/C11H9NO4S/c13-11(14)9-1-3-10(4-2-9)12-5-7-17(15,16)8-6-12/h1-8H,(H,13,14). The fraction of sp³-hybridized carbons (Fsp3) is 0. The van der Waals surface area contributed by atoms with Crippen molar-refractivity contribution in [2.75, 3.05) is 4.90 Å². The Bertz CT molecular complexity index is 579. The molecule has 17 heavy (non-hydrogen) atoms. The molecule has 1 aliphatic heterocycles. The van der Waals surface area contributed by atoms with Crippen LogP contribution in [0.5, 0.6) is 0 Å². The van der Waals surface area contributed by atoms with Crippen molar-refractivity contribution >= 4 is 21.5 Å². The van der Waals surface area contributed by atoms with E-state index in [2.05, 4.69) is 0 Å². The minimum atomic E-state index is -3.24. The number of rotatable bonds is 2. The summed E-state index contributed by atoms with van der Waals surface area (Å²) < 4.78 is 22.2. The molecule has 0 amide bonds. The molecule has 0 atom stereocenters. The molecule has 0 aromatic heterocycles. The normalized spacial score (nSPS) is 17.1. The molecule has 0 bridgehead atoms. The van der Waals surface area contributed by atoms with E-state index in [1.165, 1.54) is 24.5 Å². The molecule has 1 heterocycles. The fourth-order valence-electron chi connectivity index (χ4n) is 1.34. The Labute approximate surface area is 98.2 Å². The van der Waals surface area contributed by atoms with Gasteiger partial charge in [-0.1, -0.05) is 0 Å². The predicted molar refractivity (Wildman–Crippen MR) is 63.1 cm³/mol. The lowest BCUT2D eigenvalue weighted by molar-refractivity contribution is 0.0697. The van der Waals surface area contributed by atoms with Gasteiger partial charge < -0.3 is 10.0 Å². The van der Waals surface area contributed by atoms with Gasteiger partial charge in [0.15, 0.2) is 9.84 Å². The highest BCUT2D eigenvalue weighted by molar-refractivity contribution is 7.97. The van der Waals surface area contributed by atoms with Gasteiger partial charge >= 0.3 is 5.97 Å². The Morgan fingerprint density at radius 2 is 1.59 bits per heavy atom. The van der Waals surface area contributed by atoms with Crippen molar-refractivity contribution in [3.05, 3.63) is 53.0 Å². The van der Waals surface area contributed by atoms with Crippen LogP contribution in [0.25, 0.3) is 0 Å². The number of nitrogens with zero attached hydrogens (tertiary/aromatic N) is 1. The minimum absolute atomic E-state index is 0.186. The molecule has 88 valence electrons. The third-order valence-corrected chi connectivity index (χ3v) is 3.24. The summed E-state index contributed by atoms with van der Waals surface area (Å²) in [5.41, 5.74) is 0.878. The average molecular weight is 251 g/mol. The Morgan fingerprint density at radius 1 is 1.06 bits per heavy atom. The monoisotopic (exact) mass is 251 g/mol. The molecular weight excluding hydrogens is 242 g/mol. The predicted octanol–water partition coefficient (Wildman–Crippen LogP) is 1.56. The van der Waals surface area contributed by atoms with E-state index < -0.39 is 15.8 Å². The number of carbonyl (C=O) groups is 1. The third-order valence-electron chi connectivity index (χ3n) is 2.23. The van der Waals surface area contributed by atoms with Crippen LogP contribution in [-0.2, 0) is 9.84 Å². The molecule has 0 spiro atoms. The highest BCUT2D eigenvalue weighted by Gasteiger charge is 2.10. The zero-order valence-corrected chi connectivity index (χ0v) is 9.46. The SMILES string of the molecule is O=C(O)c1ccc(N2C=CS(=O)(=O)C=C2)cc1. The maximum absolute atomic E-state index is 11.1. The van der Waals surface area contributed by atoms with E-state index >= 15 is 0 Å². The summed E-state index contributed by atoms with van der Waals surface area (Å²) in [7, 11) is -3.24. The van der Waals surface area contributed by atoms with Gasteiger partial charge in [0.25, 0.3) is 0 Å². The summed E-state index contributed by atoms with van der Waals surface area (Å²) in [5.74, 6) is -0.996. The number of sulfone groups is 1. The van der Waals surface area contributed by atoms with Crippen LogP contribution in [-0.4, -0.2) is 19.5 Å². The quantitative estimate of drug-likeness (QED) is 0.863. The lowest BCUT2D eigenvalue weighted by Gasteiger charge is -2.17. The first-order chi connectivity index (χ1) is 7.98. The third kappa shape index (κ3) is 2.54. The number of carboxylic acid groups (broad SMARTS) is 1. The van der Waals surface area contributed by atoms with E-state index in [0.29, 0.717) is 5.69 Å². The number of hydrogen-bond donors (Lipinski definition) is 1. The lowest BCUT2D eigenvalue weighted by atomic mass is 10.2. The Balaban J connectivity index is 2.26. The van der Waals surface area contributed by atoms with E-state index in [1.807, 2.05) is 0 Å². The average Bonchev–Trinajstić information content (AvgIpc) is 2.29. The van der Waals surface area contributed by atoms with Crippen LogP contribution >= 0.6 is 0 Å². The molecule has 0 radical (unpaired) electrons. The van der Waals surface area contributed by atoms with Gasteiger partial charge in [0.1, 0.15) is 0 Å². The number of hydrogen-bond acceptors (Lipinski definition) is 4. The van der Waals surface area contributed by atoms with Crippen LogP contribution in [0.3, 0.4) is 0 Å². The zero-order chi connectivity index (χ0) is 12.5. The number of aromatic carboxylic acids is 1. The van der Waals surface area contributed by atoms with Gasteiger partial charge in [-0.2, -0.15) is 0 Å². The van der Waals surface area contributed by atoms with Gasteiger partial charge in [-0.05, 0) is 24.3 Å². The smallest absolute Gasteiger partial charge is 0.335 e. The molecule has 1 aliphatic rings. The first kappa shape index (κ1) is 11.4. The van der Waals surface area contributed by atoms with Gasteiger partial charge in [-0.3, -0.25) is 0 Å². The van der Waals surface area contributed by atoms with Crippen LogP contribution in [0.1, 0.15) is 10.4 Å². The second-order valence-electron chi connectivity index (χ2n) is 3.42. The maximum atomic E-state index is 11.1. The fourth-order valence-corrected chi connectivity index (χ4v) is 2.04. The van der Waals surface area contributed by atoms with Crippen LogP contribution in [0.4, 0.5) is 5.69 Å². The van der Waals surface area contributed by atoms with Crippen molar-refractivity contribution in [2.45, 2.75) is 0 Å². The molecule has 0 saturated carbocycles. The summed E-state index contributed by atoms with van der Waals surface area (Å²) >= 11 is 0. The van der Waals surface area contributed by atoms with E-state index in [0.717, 1.165) is 10.8 Å². The van der Waals surface area contributed by atoms with Gasteiger partial charge in [0.05, 0.1) is 16.4 Å². The Kier molecular flexibility index (Phi) is 2.72. The van der Waals surface area contributed by atoms with Crippen LogP contribution in [0.2, 0.25) is 0 Å². The molecule has 2 rings (SSSR count). The van der Waals surface area contributed by atoms with Gasteiger partial charge in [-0.15, -0.1) is 0 Å². The Hall–Kier alpha value is -2.08. The van der Waals surface area contributed by atoms with Crippen molar-refractivity contribution in [1.82, 2.24) is 0 Å². The lowest BCUT2D eigenvalue weighted by Crippen LogP contribution is -2.12. The van der Waals surface area contributed by atoms with Crippen LogP contribution in [0.15, 0.2) is 47.5 Å². The summed E-state index contributed by atoms with van der Waals surface area (Å²) in [6, 6.07) is 6.14. The number of carboxylic acids is 1. The molecule has 0 fully saturated rings. The highest BCUT2D eigenvalue weighted by atomic mass is 32.2. The highest BCUT2D eigenvalue weighted by Crippen LogP contribution is 2.19. The van der Waals surface area contributed by atoms with Crippen molar-refractivity contribution < 1.29 is 18.3 Å². The number of benzene rings is 1. The van der Waals surface area contributed by atoms with Gasteiger partial charge in [0, 0.05) is 18.1 Å². The molecule has 6 heteroatoms. The molecule has 1 aromatic carbocycles. The van der Waals surface area contributed by atoms with Crippen molar-refractivity contribution in [3.8, 4) is 0 Å². The van der Waals surface area contributed by atoms with Crippen molar-refractivity contribution in [2.24, 2.45) is 0 Å². The zero-order valence-electron chi connectivity index (χ0n) is 8.65. The Morgan fingerprint density at radius 3 is 2.06 bits per heavy atom. The molecule has 5 nitrogen and oxygen atoms in total. The van der Waals surface area contributed by atoms with E-state index in [4.69, 9.17) is 5.11 Å². The van der Waals surface area contributed by atoms with Gasteiger partial charge in [-0.25, -0.2) is 13.2 Å². The molecule has 0 unspecified atom stereocenters. The molecule has 1 N–H and O–H groups in total. The first-order valence-corrected chi connectivity index (χ1v) is 6.32. The second-order valence-corrected chi connectivity index (χ2v) is 5.14. The summed E-state index contributed by atoms with van der Waals surface area (Å²) in [5, 5.41) is 10.9. The molecule has 0 aliphatic carbocycles. The van der Waals surface area contributed by atoms with Crippen LogP contribution in [0, 0.1) is 0 Å². The minimum Gasteiger partial charge on any atom is -0.478 e. The van der Waals surface area contributed by atoms with Crippen molar-refractivity contribution in [1.29, 1.82) is 0 Å². The van der Waals surface area contributed by atoms with Gasteiger partial charge in [0.2, 0.25) is 0 Å². The van der Waals surface area contributed by atoms with Crippen LogP contribution < -0.4 is 4.90 Å². The summed E-state index contributed by atoms with van der Waals surface area (Å²) in [6.07, 6.45) is 2.82. The maximum Gasteiger partial charge on any atom is 0.335 e. The molecular formula is C11H9NO4S. The van der Waals surface area contributed by atoms with Crippen molar-refractivity contribution in [3.63, 3.8) is 0 Å². The second kappa shape index (κ2) is 4.06. The van der Waals surface area contributed by atoms with E-state index in [1.54, 1.807) is 17.0 Å². The van der Waals surface area contributed by atoms with E-state index in [-0.39, 0.29) is 5.56 Å². The number of anilines is 1. The summed E-state index contributed by atoms with van der Waals surface area (Å²) in [4.78, 5) is 12.2. The molecule has 1 aromatic rings. The first-order valence-electron chi connectivity index (χ1n) is 4.71. The molecule has 0 saturated heterocycles. The topological polar surface area (TPSA) is 74.7 Å².